The molecule has 0 unspecified atom stereocenters. The zero-order valence-corrected chi connectivity index (χ0v) is 14.4. The highest BCUT2D eigenvalue weighted by atomic mass is 35.5. The van der Waals surface area contributed by atoms with Gasteiger partial charge in [0.15, 0.2) is 0 Å². The largest absolute Gasteiger partial charge is 0.389 e. The number of benzene rings is 1. The molecule has 4 nitrogen and oxygen atoms in total. The molecule has 1 aromatic heterocycles. The zero-order chi connectivity index (χ0) is 16.3. The summed E-state index contributed by atoms with van der Waals surface area (Å²) < 4.78 is 1.83. The maximum atomic E-state index is 9.91. The van der Waals surface area contributed by atoms with Crippen molar-refractivity contribution in [3.63, 3.8) is 0 Å². The number of likely N-dealkylation sites (N-methyl/N-ethyl adjacent to an activating group) is 1. The number of aromatic nitrogens is 2. The minimum Gasteiger partial charge on any atom is -0.389 e. The van der Waals surface area contributed by atoms with E-state index >= 15 is 0 Å². The van der Waals surface area contributed by atoms with Crippen LogP contribution in [0.1, 0.15) is 30.7 Å². The Kier molecular flexibility index (Phi) is 5.27. The second-order valence-electron chi connectivity index (χ2n) is 6.48. The van der Waals surface area contributed by atoms with Crippen molar-refractivity contribution in [1.29, 1.82) is 0 Å². The zero-order valence-electron chi connectivity index (χ0n) is 13.7. The molecule has 0 aliphatic carbocycles. The van der Waals surface area contributed by atoms with Gasteiger partial charge in [-0.2, -0.15) is 5.10 Å². The van der Waals surface area contributed by atoms with E-state index in [2.05, 4.69) is 22.1 Å². The quantitative estimate of drug-likeness (QED) is 0.889. The van der Waals surface area contributed by atoms with E-state index in [4.69, 9.17) is 11.6 Å². The number of rotatable bonds is 6. The van der Waals surface area contributed by atoms with Gasteiger partial charge in [0.05, 0.1) is 17.8 Å². The molecule has 1 N–H and O–H groups in total. The highest BCUT2D eigenvalue weighted by Crippen LogP contribution is 2.22. The first-order valence-electron chi connectivity index (χ1n) is 7.43. The van der Waals surface area contributed by atoms with Gasteiger partial charge in [-0.05, 0) is 33.4 Å². The molecule has 0 amide bonds. The van der Waals surface area contributed by atoms with Crippen LogP contribution in [0.2, 0.25) is 5.15 Å². The van der Waals surface area contributed by atoms with Crippen molar-refractivity contribution in [3.05, 3.63) is 52.3 Å². The fourth-order valence-electron chi connectivity index (χ4n) is 2.62. The number of aliphatic hydroxyl groups is 1. The number of hydrogen-bond donors (Lipinski definition) is 1. The summed E-state index contributed by atoms with van der Waals surface area (Å²) in [4.78, 5) is 2.06. The minimum atomic E-state index is -0.727. The van der Waals surface area contributed by atoms with Gasteiger partial charge in [0.1, 0.15) is 5.15 Å². The summed E-state index contributed by atoms with van der Waals surface area (Å²) >= 11 is 6.51. The summed E-state index contributed by atoms with van der Waals surface area (Å²) in [5.74, 6) is 0. The highest BCUT2D eigenvalue weighted by Gasteiger charge is 2.19. The molecule has 22 heavy (non-hydrogen) atoms. The summed E-state index contributed by atoms with van der Waals surface area (Å²) in [6.07, 6.45) is 0. The molecule has 0 saturated carbocycles. The Morgan fingerprint density at radius 2 is 1.91 bits per heavy atom. The second-order valence-corrected chi connectivity index (χ2v) is 6.84. The van der Waals surface area contributed by atoms with E-state index in [9.17, 15) is 5.11 Å². The predicted octanol–water partition coefficient (Wildman–Crippen LogP) is 3.10. The van der Waals surface area contributed by atoms with Crippen molar-refractivity contribution >= 4 is 11.6 Å². The maximum Gasteiger partial charge on any atom is 0.132 e. The first kappa shape index (κ1) is 17.0. The van der Waals surface area contributed by atoms with E-state index in [0.29, 0.717) is 24.8 Å². The van der Waals surface area contributed by atoms with Gasteiger partial charge in [-0.3, -0.25) is 4.90 Å². The minimum absolute atomic E-state index is 0.576. The van der Waals surface area contributed by atoms with Crippen molar-refractivity contribution in [1.82, 2.24) is 14.7 Å². The predicted molar refractivity (Wildman–Crippen MR) is 90.1 cm³/mol. The van der Waals surface area contributed by atoms with Crippen molar-refractivity contribution in [2.24, 2.45) is 0 Å². The number of halogens is 1. The summed E-state index contributed by atoms with van der Waals surface area (Å²) in [7, 11) is 1.97. The molecular weight excluding hydrogens is 298 g/mol. The lowest BCUT2D eigenvalue weighted by Crippen LogP contribution is -2.35. The summed E-state index contributed by atoms with van der Waals surface area (Å²) in [5, 5.41) is 15.1. The molecule has 0 atom stereocenters. The van der Waals surface area contributed by atoms with Crippen LogP contribution in [0.15, 0.2) is 30.3 Å². The van der Waals surface area contributed by atoms with Crippen molar-refractivity contribution < 1.29 is 5.11 Å². The standard InChI is InChI=1S/C17H24ClN3O/c1-13-15(11-20(4)12-17(2,3)22)16(18)21(19-13)10-14-8-6-5-7-9-14/h5-9,22H,10-12H2,1-4H3. The number of hydrogen-bond acceptors (Lipinski definition) is 3. The van der Waals surface area contributed by atoms with Gasteiger partial charge in [0, 0.05) is 18.7 Å². The maximum absolute atomic E-state index is 9.91. The molecule has 2 rings (SSSR count). The van der Waals surface area contributed by atoms with Crippen molar-refractivity contribution in [3.8, 4) is 0 Å². The molecule has 0 bridgehead atoms. The van der Waals surface area contributed by atoms with Crippen molar-refractivity contribution in [2.75, 3.05) is 13.6 Å². The summed E-state index contributed by atoms with van der Waals surface area (Å²) in [6, 6.07) is 10.1. The fourth-order valence-corrected chi connectivity index (χ4v) is 2.91. The van der Waals surface area contributed by atoms with E-state index in [1.54, 1.807) is 13.8 Å². The Morgan fingerprint density at radius 1 is 1.27 bits per heavy atom. The first-order valence-corrected chi connectivity index (χ1v) is 7.81. The molecule has 1 heterocycles. The summed E-state index contributed by atoms with van der Waals surface area (Å²) in [5.41, 5.74) is 2.39. The Bertz CT molecular complexity index is 617. The average molecular weight is 322 g/mol. The molecule has 0 aliphatic heterocycles. The lowest BCUT2D eigenvalue weighted by atomic mass is 10.1. The van der Waals surface area contributed by atoms with Gasteiger partial charge in [-0.25, -0.2) is 4.68 Å². The third-order valence-electron chi connectivity index (χ3n) is 3.44. The molecule has 0 radical (unpaired) electrons. The van der Waals surface area contributed by atoms with Gasteiger partial charge in [0.25, 0.3) is 0 Å². The molecule has 120 valence electrons. The Morgan fingerprint density at radius 3 is 2.50 bits per heavy atom. The SMILES string of the molecule is Cc1nn(Cc2ccccc2)c(Cl)c1CN(C)CC(C)(C)O. The average Bonchev–Trinajstić information content (AvgIpc) is 2.66. The molecule has 0 saturated heterocycles. The number of aryl methyl sites for hydroxylation is 1. The molecule has 2 aromatic rings. The third-order valence-corrected chi connectivity index (χ3v) is 3.87. The Hall–Kier alpha value is -1.36. The van der Waals surface area contributed by atoms with Gasteiger partial charge >= 0.3 is 0 Å². The molecule has 0 fully saturated rings. The molecule has 0 spiro atoms. The lowest BCUT2D eigenvalue weighted by Gasteiger charge is -2.25. The van der Waals surface area contributed by atoms with Gasteiger partial charge in [-0.15, -0.1) is 0 Å². The molecule has 5 heteroatoms. The van der Waals surface area contributed by atoms with Crippen LogP contribution < -0.4 is 0 Å². The van der Waals surface area contributed by atoms with Crippen LogP contribution in [0.25, 0.3) is 0 Å². The van der Waals surface area contributed by atoms with Crippen LogP contribution in [0.4, 0.5) is 0 Å². The normalized spacial score (nSPS) is 12.1. The smallest absolute Gasteiger partial charge is 0.132 e. The molecule has 0 aliphatic rings. The van der Waals surface area contributed by atoms with Crippen LogP contribution >= 0.6 is 11.6 Å². The van der Waals surface area contributed by atoms with Gasteiger partial charge < -0.3 is 5.11 Å². The topological polar surface area (TPSA) is 41.3 Å². The van der Waals surface area contributed by atoms with E-state index in [1.807, 2.05) is 36.9 Å². The molecular formula is C17H24ClN3O. The van der Waals surface area contributed by atoms with Crippen LogP contribution in [-0.2, 0) is 13.1 Å². The Labute approximate surface area is 137 Å². The van der Waals surface area contributed by atoms with Gasteiger partial charge in [-0.1, -0.05) is 41.9 Å². The fraction of sp³-hybridized carbons (Fsp3) is 0.471. The highest BCUT2D eigenvalue weighted by molar-refractivity contribution is 6.30. The van der Waals surface area contributed by atoms with Crippen molar-refractivity contribution in [2.45, 2.75) is 39.5 Å². The lowest BCUT2D eigenvalue weighted by molar-refractivity contribution is 0.0424. The van der Waals surface area contributed by atoms with E-state index in [1.165, 1.54) is 5.56 Å². The molecule has 1 aromatic carbocycles. The van der Waals surface area contributed by atoms with Gasteiger partial charge in [0.2, 0.25) is 0 Å². The third kappa shape index (κ3) is 4.57. The monoisotopic (exact) mass is 321 g/mol. The van der Waals surface area contributed by atoms with E-state index < -0.39 is 5.60 Å². The Balaban J connectivity index is 2.13. The van der Waals surface area contributed by atoms with Crippen LogP contribution in [0.5, 0.6) is 0 Å². The number of nitrogens with zero attached hydrogens (tertiary/aromatic N) is 3. The van der Waals surface area contributed by atoms with E-state index in [-0.39, 0.29) is 0 Å². The van der Waals surface area contributed by atoms with Crippen LogP contribution in [-0.4, -0.2) is 39.0 Å². The van der Waals surface area contributed by atoms with Crippen LogP contribution in [0.3, 0.4) is 0 Å². The first-order chi connectivity index (χ1) is 10.3. The van der Waals surface area contributed by atoms with E-state index in [0.717, 1.165) is 11.3 Å². The summed E-state index contributed by atoms with van der Waals surface area (Å²) in [6.45, 7) is 7.49. The second kappa shape index (κ2) is 6.82. The van der Waals surface area contributed by atoms with Crippen LogP contribution in [0, 0.1) is 6.92 Å².